The van der Waals surface area contributed by atoms with Crippen molar-refractivity contribution in [1.29, 1.82) is 0 Å². The van der Waals surface area contributed by atoms with Crippen LogP contribution >= 0.6 is 47.8 Å². The second-order valence-electron chi connectivity index (χ2n) is 3.39. The fourth-order valence-corrected chi connectivity index (χ4v) is 3.08. The molecule has 1 aliphatic carbocycles. The van der Waals surface area contributed by atoms with E-state index in [1.54, 1.807) is 0 Å². The van der Waals surface area contributed by atoms with E-state index in [1.165, 1.54) is 31.0 Å². The van der Waals surface area contributed by atoms with Crippen molar-refractivity contribution in [3.63, 3.8) is 0 Å². The highest BCUT2D eigenvalue weighted by atomic mass is 79.9. The van der Waals surface area contributed by atoms with Crippen LogP contribution in [0.3, 0.4) is 0 Å². The molecule has 3 heteroatoms. The summed E-state index contributed by atoms with van der Waals surface area (Å²) in [6.45, 7) is 0. The molecule has 0 saturated heterocycles. The van der Waals surface area contributed by atoms with Gasteiger partial charge in [0.2, 0.25) is 0 Å². The van der Waals surface area contributed by atoms with Gasteiger partial charge in [0, 0.05) is 5.33 Å². The van der Waals surface area contributed by atoms with Gasteiger partial charge in [-0.1, -0.05) is 22.0 Å². The Kier molecular flexibility index (Phi) is 5.45. The molecule has 1 aliphatic rings. The summed E-state index contributed by atoms with van der Waals surface area (Å²) < 4.78 is 1.11. The van der Waals surface area contributed by atoms with Crippen LogP contribution in [-0.2, 0) is 0 Å². The molecule has 0 nitrogen and oxygen atoms in total. The van der Waals surface area contributed by atoms with Crippen molar-refractivity contribution in [2.24, 2.45) is 11.8 Å². The van der Waals surface area contributed by atoms with E-state index >= 15 is 0 Å². The third kappa shape index (κ3) is 3.93. The minimum absolute atomic E-state index is 0.786. The first kappa shape index (κ1) is 11.3. The minimum atomic E-state index is 0.786. The van der Waals surface area contributed by atoms with E-state index in [0.29, 0.717) is 0 Å². The summed E-state index contributed by atoms with van der Waals surface area (Å²) in [4.78, 5) is 0. The molecule has 0 N–H and O–H groups in total. The Labute approximate surface area is 99.6 Å². The quantitative estimate of drug-likeness (QED) is 0.619. The minimum Gasteiger partial charge on any atom is -0.0925 e. The summed E-state index contributed by atoms with van der Waals surface area (Å²) in [5.74, 6) is 1.71. The Hall–Kier alpha value is 1.18. The summed E-state index contributed by atoms with van der Waals surface area (Å²) in [5.41, 5.74) is 0. The van der Waals surface area contributed by atoms with Crippen molar-refractivity contribution in [2.75, 3.05) is 5.33 Å². The van der Waals surface area contributed by atoms with Crippen LogP contribution < -0.4 is 0 Å². The summed E-state index contributed by atoms with van der Waals surface area (Å²) in [5, 5.41) is 1.18. The Morgan fingerprint density at radius 2 is 1.75 bits per heavy atom. The first-order valence-electron chi connectivity index (χ1n) is 4.31. The molecule has 0 atom stereocenters. The predicted octanol–water partition coefficient (Wildman–Crippen LogP) is 4.82. The summed E-state index contributed by atoms with van der Waals surface area (Å²) in [6, 6.07) is 0. The van der Waals surface area contributed by atoms with Gasteiger partial charge in [0.25, 0.3) is 0 Å². The first-order valence-corrected chi connectivity index (χ1v) is 7.02. The summed E-state index contributed by atoms with van der Waals surface area (Å²) in [7, 11) is 0. The maximum atomic E-state index is 3.55. The Bertz CT molecular complexity index is 153. The molecule has 0 heterocycles. The standard InChI is InChI=1S/C9H13Br3/c10-6-8-3-1-7(2-4-8)5-9(11)12/h5,7-8H,1-4,6H2/t7-,8-. The zero-order valence-electron chi connectivity index (χ0n) is 6.90. The molecule has 1 rings (SSSR count). The van der Waals surface area contributed by atoms with Gasteiger partial charge in [0.05, 0.1) is 3.39 Å². The number of halogens is 3. The van der Waals surface area contributed by atoms with Crippen molar-refractivity contribution in [3.05, 3.63) is 9.47 Å². The van der Waals surface area contributed by atoms with Gasteiger partial charge in [-0.05, 0) is 69.4 Å². The third-order valence-electron chi connectivity index (χ3n) is 2.47. The molecular formula is C9H13Br3. The van der Waals surface area contributed by atoms with Crippen molar-refractivity contribution in [2.45, 2.75) is 25.7 Å². The van der Waals surface area contributed by atoms with Crippen LogP contribution in [0, 0.1) is 11.8 Å². The highest BCUT2D eigenvalue weighted by Crippen LogP contribution is 2.32. The van der Waals surface area contributed by atoms with Gasteiger partial charge in [-0.25, -0.2) is 0 Å². The highest BCUT2D eigenvalue weighted by molar-refractivity contribution is 9.28. The van der Waals surface area contributed by atoms with Gasteiger partial charge in [-0.15, -0.1) is 0 Å². The van der Waals surface area contributed by atoms with Crippen LogP contribution in [0.1, 0.15) is 25.7 Å². The van der Waals surface area contributed by atoms with Crippen LogP contribution in [0.2, 0.25) is 0 Å². The molecule has 0 aromatic heterocycles. The van der Waals surface area contributed by atoms with Gasteiger partial charge in [-0.3, -0.25) is 0 Å². The second kappa shape index (κ2) is 5.82. The fraction of sp³-hybridized carbons (Fsp3) is 0.778. The molecule has 0 bridgehead atoms. The molecule has 0 aliphatic heterocycles. The molecule has 1 saturated carbocycles. The molecule has 0 unspecified atom stereocenters. The van der Waals surface area contributed by atoms with E-state index in [9.17, 15) is 0 Å². The summed E-state index contributed by atoms with van der Waals surface area (Å²) in [6.07, 6.45) is 7.72. The van der Waals surface area contributed by atoms with Gasteiger partial charge in [0.15, 0.2) is 0 Å². The van der Waals surface area contributed by atoms with E-state index in [1.807, 2.05) is 0 Å². The van der Waals surface area contributed by atoms with Gasteiger partial charge >= 0.3 is 0 Å². The maximum Gasteiger partial charge on any atom is 0.0567 e. The summed E-state index contributed by atoms with van der Waals surface area (Å²) >= 11 is 10.4. The molecule has 70 valence electrons. The monoisotopic (exact) mass is 358 g/mol. The van der Waals surface area contributed by atoms with Crippen LogP contribution in [0.4, 0.5) is 0 Å². The largest absolute Gasteiger partial charge is 0.0925 e. The average Bonchev–Trinajstić information content (AvgIpc) is 2.05. The molecule has 0 aromatic rings. The first-order chi connectivity index (χ1) is 5.72. The van der Waals surface area contributed by atoms with E-state index in [-0.39, 0.29) is 0 Å². The number of hydrogen-bond acceptors (Lipinski definition) is 0. The fourth-order valence-electron chi connectivity index (χ4n) is 1.69. The average molecular weight is 361 g/mol. The van der Waals surface area contributed by atoms with E-state index < -0.39 is 0 Å². The molecular weight excluding hydrogens is 348 g/mol. The van der Waals surface area contributed by atoms with Gasteiger partial charge in [0.1, 0.15) is 0 Å². The molecule has 12 heavy (non-hydrogen) atoms. The Morgan fingerprint density at radius 3 is 2.17 bits per heavy atom. The smallest absolute Gasteiger partial charge is 0.0567 e. The lowest BCUT2D eigenvalue weighted by Crippen LogP contribution is -2.13. The SMILES string of the molecule is BrC[C@H]1CC[C@H](C=C(Br)Br)CC1. The second-order valence-corrected chi connectivity index (χ2v) is 6.81. The van der Waals surface area contributed by atoms with Gasteiger partial charge < -0.3 is 0 Å². The van der Waals surface area contributed by atoms with Gasteiger partial charge in [-0.2, -0.15) is 0 Å². The number of hydrogen-bond donors (Lipinski definition) is 0. The van der Waals surface area contributed by atoms with Crippen molar-refractivity contribution in [3.8, 4) is 0 Å². The lowest BCUT2D eigenvalue weighted by molar-refractivity contribution is 0.336. The maximum absolute atomic E-state index is 3.55. The molecule has 1 fully saturated rings. The van der Waals surface area contributed by atoms with Crippen LogP contribution in [0.5, 0.6) is 0 Å². The van der Waals surface area contributed by atoms with Crippen LogP contribution in [0.25, 0.3) is 0 Å². The molecule has 0 spiro atoms. The van der Waals surface area contributed by atoms with Crippen molar-refractivity contribution in [1.82, 2.24) is 0 Å². The van der Waals surface area contributed by atoms with Crippen molar-refractivity contribution < 1.29 is 0 Å². The molecule has 0 aromatic carbocycles. The lowest BCUT2D eigenvalue weighted by atomic mass is 9.83. The topological polar surface area (TPSA) is 0 Å². The molecule has 0 radical (unpaired) electrons. The normalized spacial score (nSPS) is 29.9. The third-order valence-corrected chi connectivity index (χ3v) is 3.92. The zero-order chi connectivity index (χ0) is 8.97. The number of rotatable bonds is 2. The zero-order valence-corrected chi connectivity index (χ0v) is 11.7. The Balaban J connectivity index is 2.31. The number of alkyl halides is 1. The van der Waals surface area contributed by atoms with E-state index in [0.717, 1.165) is 15.2 Å². The van der Waals surface area contributed by atoms with Crippen molar-refractivity contribution >= 4 is 47.8 Å². The van der Waals surface area contributed by atoms with E-state index in [4.69, 9.17) is 0 Å². The predicted molar refractivity (Wildman–Crippen MR) is 65.2 cm³/mol. The lowest BCUT2D eigenvalue weighted by Gasteiger charge is -2.25. The van der Waals surface area contributed by atoms with Crippen LogP contribution in [0.15, 0.2) is 9.47 Å². The number of allylic oxidation sites excluding steroid dienone is 1. The molecule has 0 amide bonds. The van der Waals surface area contributed by atoms with Crippen LogP contribution in [-0.4, -0.2) is 5.33 Å². The Morgan fingerprint density at radius 1 is 1.17 bits per heavy atom. The highest BCUT2D eigenvalue weighted by Gasteiger charge is 2.18. The van der Waals surface area contributed by atoms with E-state index in [2.05, 4.69) is 53.9 Å².